The Balaban J connectivity index is 1.70. The Morgan fingerprint density at radius 3 is 2.28 bits per heavy atom. The zero-order chi connectivity index (χ0) is 12.7. The van der Waals surface area contributed by atoms with E-state index in [0.717, 1.165) is 23.0 Å². The van der Waals surface area contributed by atoms with Crippen molar-refractivity contribution >= 4 is 0 Å². The van der Waals surface area contributed by atoms with Gasteiger partial charge in [-0.2, -0.15) is 0 Å². The van der Waals surface area contributed by atoms with E-state index in [1.54, 1.807) is 0 Å². The maximum atomic E-state index is 10.0. The van der Waals surface area contributed by atoms with Gasteiger partial charge in [0.1, 0.15) is 5.75 Å². The zero-order valence-electron chi connectivity index (χ0n) is 11.3. The number of nitrogens with one attached hydrogen (secondary N) is 1. The first kappa shape index (κ1) is 12.0. The lowest BCUT2D eigenvalue weighted by Crippen LogP contribution is -2.35. The number of phenols is 1. The predicted octanol–water partition coefficient (Wildman–Crippen LogP) is 3.54. The van der Waals surface area contributed by atoms with Gasteiger partial charge in [0, 0.05) is 17.6 Å². The lowest BCUT2D eigenvalue weighted by molar-refractivity contribution is 0.368. The second kappa shape index (κ2) is 4.58. The topological polar surface area (TPSA) is 32.3 Å². The second-order valence-electron chi connectivity index (χ2n) is 6.15. The summed E-state index contributed by atoms with van der Waals surface area (Å²) in [6, 6.07) is 6.92. The number of benzene rings is 1. The summed E-state index contributed by atoms with van der Waals surface area (Å²) in [4.78, 5) is 0. The second-order valence-corrected chi connectivity index (χ2v) is 6.15. The summed E-state index contributed by atoms with van der Waals surface area (Å²) in [7, 11) is 0. The van der Waals surface area contributed by atoms with Crippen molar-refractivity contribution in [3.63, 3.8) is 0 Å². The highest BCUT2D eigenvalue weighted by molar-refractivity contribution is 5.37. The minimum absolute atomic E-state index is 0.247. The van der Waals surface area contributed by atoms with Crippen LogP contribution in [0.2, 0.25) is 0 Å². The van der Waals surface area contributed by atoms with Crippen molar-refractivity contribution in [2.75, 3.05) is 0 Å². The highest BCUT2D eigenvalue weighted by Gasteiger charge is 2.41. The van der Waals surface area contributed by atoms with E-state index in [4.69, 9.17) is 0 Å². The molecule has 0 aliphatic heterocycles. The van der Waals surface area contributed by atoms with E-state index < -0.39 is 0 Å². The summed E-state index contributed by atoms with van der Waals surface area (Å²) < 4.78 is 0. The number of phenolic OH excluding ortho intramolecular Hbond substituents is 1. The van der Waals surface area contributed by atoms with Gasteiger partial charge in [-0.25, -0.2) is 0 Å². The molecule has 2 aliphatic carbocycles. The minimum atomic E-state index is 0.247. The monoisotopic (exact) mass is 245 g/mol. The molecule has 2 fully saturated rings. The largest absolute Gasteiger partial charge is 0.508 e. The molecule has 2 nitrogen and oxygen atoms in total. The summed E-state index contributed by atoms with van der Waals surface area (Å²) in [6.45, 7) is 4.18. The molecule has 3 rings (SSSR count). The van der Waals surface area contributed by atoms with Crippen molar-refractivity contribution in [1.82, 2.24) is 5.32 Å². The molecule has 0 aromatic heterocycles. The lowest BCUT2D eigenvalue weighted by atomic mass is 10.0. The molecule has 1 aromatic carbocycles. The lowest BCUT2D eigenvalue weighted by Gasteiger charge is -2.24. The van der Waals surface area contributed by atoms with Gasteiger partial charge in [0.2, 0.25) is 0 Å². The van der Waals surface area contributed by atoms with Gasteiger partial charge in [-0.1, -0.05) is 12.1 Å². The van der Waals surface area contributed by atoms with E-state index in [2.05, 4.69) is 24.4 Å². The van der Waals surface area contributed by atoms with Crippen LogP contribution in [0.15, 0.2) is 18.2 Å². The first-order valence-electron chi connectivity index (χ1n) is 7.20. The Morgan fingerprint density at radius 2 is 1.78 bits per heavy atom. The highest BCUT2D eigenvalue weighted by atomic mass is 16.3. The first-order valence-corrected chi connectivity index (χ1v) is 7.20. The van der Waals surface area contributed by atoms with Crippen LogP contribution < -0.4 is 5.32 Å². The molecule has 18 heavy (non-hydrogen) atoms. The first-order chi connectivity index (χ1) is 8.65. The van der Waals surface area contributed by atoms with Gasteiger partial charge in [-0.15, -0.1) is 0 Å². The maximum Gasteiger partial charge on any atom is 0.120 e. The molecular formula is C16H23NO. The quantitative estimate of drug-likeness (QED) is 0.831. The molecule has 2 N–H and O–H groups in total. The normalized spacial score (nSPS) is 21.3. The molecule has 1 unspecified atom stereocenters. The summed E-state index contributed by atoms with van der Waals surface area (Å²) in [5.74, 6) is 2.22. The van der Waals surface area contributed by atoms with Gasteiger partial charge < -0.3 is 10.4 Å². The van der Waals surface area contributed by atoms with E-state index in [1.807, 2.05) is 13.0 Å². The van der Waals surface area contributed by atoms with Gasteiger partial charge in [0.15, 0.2) is 0 Å². The molecule has 0 spiro atoms. The molecule has 1 aromatic rings. The molecule has 1 atom stereocenters. The summed E-state index contributed by atoms with van der Waals surface area (Å²) >= 11 is 0. The van der Waals surface area contributed by atoms with Gasteiger partial charge in [0.05, 0.1) is 0 Å². The number of rotatable bonds is 5. The molecule has 98 valence electrons. The van der Waals surface area contributed by atoms with Crippen LogP contribution in [0.1, 0.15) is 49.8 Å². The third-order valence-electron chi connectivity index (χ3n) is 4.35. The summed E-state index contributed by atoms with van der Waals surface area (Å²) in [5.41, 5.74) is 2.15. The summed E-state index contributed by atoms with van der Waals surface area (Å²) in [5, 5.41) is 13.8. The van der Waals surface area contributed by atoms with E-state index in [1.165, 1.54) is 25.7 Å². The van der Waals surface area contributed by atoms with Crippen LogP contribution in [-0.4, -0.2) is 11.1 Å². The average Bonchev–Trinajstić information content (AvgIpc) is 3.17. The van der Waals surface area contributed by atoms with E-state index in [9.17, 15) is 5.11 Å². The fourth-order valence-electron chi connectivity index (χ4n) is 2.97. The standard InChI is InChI=1S/C16H23NO/c1-10-3-8-14(15(18)9-10)11(2)17-16(12-4-5-12)13-6-7-13/h3,8-9,11-13,16-18H,4-7H2,1-2H3. The zero-order valence-corrected chi connectivity index (χ0v) is 11.3. The van der Waals surface area contributed by atoms with E-state index in [-0.39, 0.29) is 6.04 Å². The van der Waals surface area contributed by atoms with Gasteiger partial charge in [0.25, 0.3) is 0 Å². The summed E-state index contributed by atoms with van der Waals surface area (Å²) in [6.07, 6.45) is 5.56. The number of hydrogen-bond acceptors (Lipinski definition) is 2. The maximum absolute atomic E-state index is 10.0. The van der Waals surface area contributed by atoms with Crippen molar-refractivity contribution in [2.24, 2.45) is 11.8 Å². The number of aromatic hydroxyl groups is 1. The highest BCUT2D eigenvalue weighted by Crippen LogP contribution is 2.45. The van der Waals surface area contributed by atoms with Crippen molar-refractivity contribution in [1.29, 1.82) is 0 Å². The van der Waals surface area contributed by atoms with Crippen LogP contribution in [0.3, 0.4) is 0 Å². The van der Waals surface area contributed by atoms with Crippen molar-refractivity contribution in [2.45, 2.75) is 51.6 Å². The smallest absolute Gasteiger partial charge is 0.120 e. The average molecular weight is 245 g/mol. The fourth-order valence-corrected chi connectivity index (χ4v) is 2.97. The van der Waals surface area contributed by atoms with Crippen LogP contribution in [0, 0.1) is 18.8 Å². The molecule has 2 saturated carbocycles. The van der Waals surface area contributed by atoms with Gasteiger partial charge >= 0.3 is 0 Å². The molecular weight excluding hydrogens is 222 g/mol. The molecule has 0 radical (unpaired) electrons. The Morgan fingerprint density at radius 1 is 1.17 bits per heavy atom. The fraction of sp³-hybridized carbons (Fsp3) is 0.625. The van der Waals surface area contributed by atoms with Crippen molar-refractivity contribution < 1.29 is 5.11 Å². The molecule has 2 aliphatic rings. The predicted molar refractivity (Wildman–Crippen MR) is 73.6 cm³/mol. The number of aryl methyl sites for hydroxylation is 1. The van der Waals surface area contributed by atoms with Crippen LogP contribution in [0.4, 0.5) is 0 Å². The van der Waals surface area contributed by atoms with Crippen LogP contribution in [-0.2, 0) is 0 Å². The molecule has 0 saturated heterocycles. The Labute approximate surface area is 109 Å². The van der Waals surface area contributed by atoms with Crippen molar-refractivity contribution in [3.05, 3.63) is 29.3 Å². The van der Waals surface area contributed by atoms with Gasteiger partial charge in [-0.3, -0.25) is 0 Å². The minimum Gasteiger partial charge on any atom is -0.508 e. The van der Waals surface area contributed by atoms with E-state index >= 15 is 0 Å². The molecule has 0 bridgehead atoms. The van der Waals surface area contributed by atoms with Crippen LogP contribution in [0.25, 0.3) is 0 Å². The number of hydrogen-bond donors (Lipinski definition) is 2. The van der Waals surface area contributed by atoms with E-state index in [0.29, 0.717) is 11.8 Å². The van der Waals surface area contributed by atoms with Crippen LogP contribution in [0.5, 0.6) is 5.75 Å². The Bertz CT molecular complexity index is 423. The SMILES string of the molecule is Cc1ccc(C(C)NC(C2CC2)C2CC2)c(O)c1. The molecule has 0 heterocycles. The Hall–Kier alpha value is -1.02. The third-order valence-corrected chi connectivity index (χ3v) is 4.35. The third kappa shape index (κ3) is 2.54. The molecule has 2 heteroatoms. The van der Waals surface area contributed by atoms with Crippen LogP contribution >= 0.6 is 0 Å². The van der Waals surface area contributed by atoms with Gasteiger partial charge in [-0.05, 0) is 63.0 Å². The molecule has 0 amide bonds. The Kier molecular flexibility index (Phi) is 3.06. The van der Waals surface area contributed by atoms with Crippen molar-refractivity contribution in [3.8, 4) is 5.75 Å².